The van der Waals surface area contributed by atoms with Crippen molar-refractivity contribution in [3.63, 3.8) is 0 Å². The Balaban J connectivity index is 2.27. The topological polar surface area (TPSA) is 70.5 Å². The number of aryl methyl sites for hydroxylation is 1. The Morgan fingerprint density at radius 1 is 1.37 bits per heavy atom. The van der Waals surface area contributed by atoms with Crippen LogP contribution in [0.1, 0.15) is 10.7 Å². The van der Waals surface area contributed by atoms with Gasteiger partial charge in [-0.2, -0.15) is 4.31 Å². The van der Waals surface area contributed by atoms with E-state index in [1.54, 1.807) is 12.1 Å². The summed E-state index contributed by atoms with van der Waals surface area (Å²) in [6.45, 7) is 2.05. The number of rotatable bonds is 4. The van der Waals surface area contributed by atoms with Gasteiger partial charge in [-0.3, -0.25) is 0 Å². The number of para-hydroxylation sites is 1. The fraction of sp³-hybridized carbons (Fsp3) is 0.250. The van der Waals surface area contributed by atoms with Gasteiger partial charge in [0, 0.05) is 12.4 Å². The molecular weight excluding hydrogens is 284 g/mol. The Labute approximate surface area is 116 Å². The largest absolute Gasteiger partial charge is 0.507 e. The van der Waals surface area contributed by atoms with Gasteiger partial charge in [0.05, 0.1) is 17.2 Å². The zero-order chi connectivity index (χ0) is 14.0. The van der Waals surface area contributed by atoms with E-state index in [0.29, 0.717) is 5.69 Å². The fourth-order valence-corrected chi connectivity index (χ4v) is 3.46. The number of phenols is 1. The van der Waals surface area contributed by atoms with Crippen LogP contribution < -0.4 is 0 Å². The second-order valence-corrected chi connectivity index (χ2v) is 7.16. The summed E-state index contributed by atoms with van der Waals surface area (Å²) in [4.78, 5) is 4.14. The Bertz CT molecular complexity index is 680. The molecule has 0 atom stereocenters. The lowest BCUT2D eigenvalue weighted by Gasteiger charge is -2.16. The lowest BCUT2D eigenvalue weighted by atomic mass is 10.3. The van der Waals surface area contributed by atoms with Crippen LogP contribution in [0.5, 0.6) is 5.75 Å². The Hall–Kier alpha value is -1.44. The van der Waals surface area contributed by atoms with Crippen LogP contribution in [0.2, 0.25) is 0 Å². The molecule has 7 heteroatoms. The first kappa shape index (κ1) is 14.0. The lowest BCUT2D eigenvalue weighted by molar-refractivity contribution is 0.438. The number of aromatic nitrogens is 1. The highest BCUT2D eigenvalue weighted by molar-refractivity contribution is 7.89. The maximum absolute atomic E-state index is 12.3. The molecule has 1 aromatic carbocycles. The van der Waals surface area contributed by atoms with Crippen molar-refractivity contribution in [2.24, 2.45) is 0 Å². The minimum Gasteiger partial charge on any atom is -0.507 e. The molecule has 0 aliphatic carbocycles. The fourth-order valence-electron chi connectivity index (χ4n) is 1.64. The van der Waals surface area contributed by atoms with Gasteiger partial charge >= 0.3 is 0 Å². The van der Waals surface area contributed by atoms with Crippen molar-refractivity contribution in [2.75, 3.05) is 7.05 Å². The van der Waals surface area contributed by atoms with Crippen LogP contribution in [0.4, 0.5) is 0 Å². The normalized spacial score (nSPS) is 11.9. The average Bonchev–Trinajstić information content (AvgIpc) is 2.75. The summed E-state index contributed by atoms with van der Waals surface area (Å²) >= 11 is 1.47. The second kappa shape index (κ2) is 5.28. The standard InChI is InChI=1S/C12H14N2O3S2/c1-9-13-10(8-18-9)7-14(2)19(16,17)12-6-4-3-5-11(12)15/h3-6,8,15H,7H2,1-2H3. The molecule has 1 heterocycles. The van der Waals surface area contributed by atoms with Crippen molar-refractivity contribution in [3.05, 3.63) is 40.3 Å². The highest BCUT2D eigenvalue weighted by atomic mass is 32.2. The third kappa shape index (κ3) is 2.94. The van der Waals surface area contributed by atoms with Crippen LogP contribution in [-0.4, -0.2) is 29.9 Å². The van der Waals surface area contributed by atoms with Crippen molar-refractivity contribution in [3.8, 4) is 5.75 Å². The highest BCUT2D eigenvalue weighted by Gasteiger charge is 2.24. The first-order valence-electron chi connectivity index (χ1n) is 5.56. The molecule has 0 saturated carbocycles. The molecule has 5 nitrogen and oxygen atoms in total. The van der Waals surface area contributed by atoms with Gasteiger partial charge in [-0.25, -0.2) is 13.4 Å². The van der Waals surface area contributed by atoms with E-state index in [1.807, 2.05) is 12.3 Å². The van der Waals surface area contributed by atoms with Crippen molar-refractivity contribution < 1.29 is 13.5 Å². The summed E-state index contributed by atoms with van der Waals surface area (Å²) in [5.41, 5.74) is 0.698. The highest BCUT2D eigenvalue weighted by Crippen LogP contribution is 2.25. The molecule has 0 unspecified atom stereocenters. The molecule has 1 aromatic heterocycles. The van der Waals surface area contributed by atoms with Gasteiger partial charge < -0.3 is 5.11 Å². The van der Waals surface area contributed by atoms with E-state index in [0.717, 1.165) is 5.01 Å². The minimum absolute atomic E-state index is 0.0931. The maximum atomic E-state index is 12.3. The van der Waals surface area contributed by atoms with E-state index in [4.69, 9.17) is 0 Å². The predicted octanol–water partition coefficient (Wildman–Crippen LogP) is 1.98. The molecule has 1 N–H and O–H groups in total. The summed E-state index contributed by atoms with van der Waals surface area (Å²) in [5, 5.41) is 12.4. The van der Waals surface area contributed by atoms with Gasteiger partial charge in [0.15, 0.2) is 0 Å². The number of sulfonamides is 1. The molecule has 0 aliphatic heterocycles. The zero-order valence-electron chi connectivity index (χ0n) is 10.6. The van der Waals surface area contributed by atoms with Gasteiger partial charge in [-0.1, -0.05) is 12.1 Å². The Morgan fingerprint density at radius 3 is 2.63 bits per heavy atom. The van der Waals surface area contributed by atoms with Crippen molar-refractivity contribution in [1.82, 2.24) is 9.29 Å². The third-order valence-corrected chi connectivity index (χ3v) is 5.28. The molecule has 2 aromatic rings. The van der Waals surface area contributed by atoms with Crippen LogP contribution >= 0.6 is 11.3 Å². The SMILES string of the molecule is Cc1nc(CN(C)S(=O)(=O)c2ccccc2O)cs1. The van der Waals surface area contributed by atoms with E-state index in [9.17, 15) is 13.5 Å². The summed E-state index contributed by atoms with van der Waals surface area (Å²) in [6.07, 6.45) is 0. The number of phenolic OH excluding ortho intramolecular Hbond substituents is 1. The molecule has 0 amide bonds. The van der Waals surface area contributed by atoms with Crippen LogP contribution in [0.15, 0.2) is 34.5 Å². The zero-order valence-corrected chi connectivity index (χ0v) is 12.2. The third-order valence-electron chi connectivity index (χ3n) is 2.60. The Morgan fingerprint density at radius 2 is 2.05 bits per heavy atom. The van der Waals surface area contributed by atoms with Gasteiger partial charge in [-0.15, -0.1) is 11.3 Å². The first-order valence-corrected chi connectivity index (χ1v) is 7.88. The van der Waals surface area contributed by atoms with Crippen LogP contribution in [-0.2, 0) is 16.6 Å². The first-order chi connectivity index (χ1) is 8.91. The molecule has 0 aliphatic rings. The summed E-state index contributed by atoms with van der Waals surface area (Å²) in [7, 11) is -2.24. The summed E-state index contributed by atoms with van der Waals surface area (Å²) < 4.78 is 25.8. The van der Waals surface area contributed by atoms with Crippen LogP contribution in [0, 0.1) is 6.92 Å². The maximum Gasteiger partial charge on any atom is 0.246 e. The Kier molecular flexibility index (Phi) is 3.88. The smallest absolute Gasteiger partial charge is 0.246 e. The number of aromatic hydroxyl groups is 1. The number of hydrogen-bond acceptors (Lipinski definition) is 5. The molecule has 2 rings (SSSR count). The summed E-state index contributed by atoms with van der Waals surface area (Å²) in [5.74, 6) is -0.246. The van der Waals surface area contributed by atoms with E-state index in [1.165, 1.54) is 34.8 Å². The van der Waals surface area contributed by atoms with E-state index in [-0.39, 0.29) is 17.2 Å². The molecular formula is C12H14N2O3S2. The average molecular weight is 298 g/mol. The second-order valence-electron chi connectivity index (χ2n) is 4.09. The molecule has 19 heavy (non-hydrogen) atoms. The number of hydrogen-bond donors (Lipinski definition) is 1. The van der Waals surface area contributed by atoms with Gasteiger partial charge in [0.1, 0.15) is 10.6 Å². The molecule has 0 radical (unpaired) electrons. The molecule has 0 fully saturated rings. The quantitative estimate of drug-likeness (QED) is 0.937. The van der Waals surface area contributed by atoms with E-state index < -0.39 is 10.0 Å². The molecule has 0 spiro atoms. The van der Waals surface area contributed by atoms with Crippen molar-refractivity contribution >= 4 is 21.4 Å². The molecule has 102 valence electrons. The number of nitrogens with zero attached hydrogens (tertiary/aromatic N) is 2. The van der Waals surface area contributed by atoms with E-state index >= 15 is 0 Å². The number of benzene rings is 1. The predicted molar refractivity (Wildman–Crippen MR) is 73.6 cm³/mol. The molecule has 0 bridgehead atoms. The minimum atomic E-state index is -3.71. The van der Waals surface area contributed by atoms with Crippen molar-refractivity contribution in [2.45, 2.75) is 18.4 Å². The van der Waals surface area contributed by atoms with Crippen LogP contribution in [0.25, 0.3) is 0 Å². The number of thiazole rings is 1. The lowest BCUT2D eigenvalue weighted by Crippen LogP contribution is -2.26. The van der Waals surface area contributed by atoms with Gasteiger partial charge in [0.2, 0.25) is 10.0 Å². The van der Waals surface area contributed by atoms with Crippen LogP contribution in [0.3, 0.4) is 0 Å². The van der Waals surface area contributed by atoms with Crippen molar-refractivity contribution in [1.29, 1.82) is 0 Å². The monoisotopic (exact) mass is 298 g/mol. The summed E-state index contributed by atoms with van der Waals surface area (Å²) in [6, 6.07) is 5.90. The van der Waals surface area contributed by atoms with Gasteiger partial charge in [-0.05, 0) is 19.1 Å². The van der Waals surface area contributed by atoms with E-state index in [2.05, 4.69) is 4.98 Å². The van der Waals surface area contributed by atoms with Gasteiger partial charge in [0.25, 0.3) is 0 Å². The molecule has 0 saturated heterocycles.